The van der Waals surface area contributed by atoms with E-state index in [1.807, 2.05) is 0 Å². The lowest BCUT2D eigenvalue weighted by molar-refractivity contribution is -0.112. The van der Waals surface area contributed by atoms with Gasteiger partial charge in [-0.05, 0) is 19.3 Å². The van der Waals surface area contributed by atoms with Crippen LogP contribution >= 0.6 is 0 Å². The summed E-state index contributed by atoms with van der Waals surface area (Å²) in [4.78, 5) is 0. The van der Waals surface area contributed by atoms with Crippen molar-refractivity contribution in [1.29, 1.82) is 0 Å². The van der Waals surface area contributed by atoms with E-state index in [-0.39, 0.29) is 6.10 Å². The van der Waals surface area contributed by atoms with Crippen LogP contribution in [0.3, 0.4) is 0 Å². The Morgan fingerprint density at radius 3 is 2.54 bits per heavy atom. The van der Waals surface area contributed by atoms with Crippen molar-refractivity contribution in [2.45, 2.75) is 37.9 Å². The van der Waals surface area contributed by atoms with Crippen molar-refractivity contribution in [2.75, 3.05) is 26.4 Å². The fourth-order valence-electron chi connectivity index (χ4n) is 1.96. The van der Waals surface area contributed by atoms with E-state index in [1.165, 1.54) is 19.3 Å². The van der Waals surface area contributed by atoms with E-state index < -0.39 is 0 Å². The third-order valence-corrected chi connectivity index (χ3v) is 2.68. The molecule has 0 amide bonds. The lowest BCUT2D eigenvalue weighted by Crippen LogP contribution is -2.33. The van der Waals surface area contributed by atoms with Crippen LogP contribution in [-0.4, -0.2) is 38.6 Å². The van der Waals surface area contributed by atoms with Gasteiger partial charge in [-0.3, -0.25) is 0 Å². The van der Waals surface area contributed by atoms with E-state index in [2.05, 4.69) is 0 Å². The van der Waals surface area contributed by atoms with Crippen LogP contribution in [0.2, 0.25) is 0 Å². The van der Waals surface area contributed by atoms with Gasteiger partial charge in [0.25, 0.3) is 0 Å². The van der Waals surface area contributed by atoms with Gasteiger partial charge in [-0.15, -0.1) is 0 Å². The topological polar surface area (TPSA) is 27.7 Å². The largest absolute Gasteiger partial charge is 0.378 e. The van der Waals surface area contributed by atoms with Gasteiger partial charge in [0.05, 0.1) is 32.0 Å². The highest BCUT2D eigenvalue weighted by Crippen LogP contribution is 2.19. The van der Waals surface area contributed by atoms with Crippen molar-refractivity contribution >= 4 is 0 Å². The summed E-state index contributed by atoms with van der Waals surface area (Å²) in [6.45, 7) is 3.18. The zero-order chi connectivity index (χ0) is 8.93. The maximum atomic E-state index is 5.65. The molecule has 0 aromatic heterocycles. The minimum absolute atomic E-state index is 0.275. The van der Waals surface area contributed by atoms with Crippen LogP contribution in [0.5, 0.6) is 0 Å². The highest BCUT2D eigenvalue weighted by Gasteiger charge is 2.21. The molecule has 0 radical (unpaired) electrons. The van der Waals surface area contributed by atoms with Crippen molar-refractivity contribution in [1.82, 2.24) is 0 Å². The van der Waals surface area contributed by atoms with Gasteiger partial charge in [-0.1, -0.05) is 0 Å². The molecule has 3 nitrogen and oxygen atoms in total. The van der Waals surface area contributed by atoms with Gasteiger partial charge < -0.3 is 14.2 Å². The quantitative estimate of drug-likeness (QED) is 0.651. The molecule has 0 aliphatic carbocycles. The van der Waals surface area contributed by atoms with Gasteiger partial charge in [-0.2, -0.15) is 0 Å². The fraction of sp³-hybridized carbons (Fsp3) is 1.00. The molecule has 3 heteroatoms. The molecule has 2 rings (SSSR count). The second-order valence-electron chi connectivity index (χ2n) is 3.79. The smallest absolute Gasteiger partial charge is 0.0834 e. The van der Waals surface area contributed by atoms with Gasteiger partial charge in [0, 0.05) is 13.0 Å². The Hall–Kier alpha value is -0.120. The van der Waals surface area contributed by atoms with Crippen LogP contribution in [0.4, 0.5) is 0 Å². The Bertz CT molecular complexity index is 121. The summed E-state index contributed by atoms with van der Waals surface area (Å²) in [5.41, 5.74) is 0. The first kappa shape index (κ1) is 9.44. The number of hydrogen-bond donors (Lipinski definition) is 0. The average molecular weight is 186 g/mol. The van der Waals surface area contributed by atoms with E-state index in [0.29, 0.717) is 6.10 Å². The molecule has 2 aliphatic heterocycles. The Balaban J connectivity index is 1.69. The maximum Gasteiger partial charge on any atom is 0.0834 e. The van der Waals surface area contributed by atoms with Crippen molar-refractivity contribution in [2.24, 2.45) is 0 Å². The van der Waals surface area contributed by atoms with E-state index >= 15 is 0 Å². The van der Waals surface area contributed by atoms with E-state index in [0.717, 1.165) is 32.8 Å². The van der Waals surface area contributed by atoms with Crippen LogP contribution < -0.4 is 0 Å². The monoisotopic (exact) mass is 186 g/mol. The molecule has 2 saturated heterocycles. The average Bonchev–Trinajstić information content (AvgIpc) is 2.21. The van der Waals surface area contributed by atoms with Gasteiger partial charge >= 0.3 is 0 Å². The van der Waals surface area contributed by atoms with Crippen molar-refractivity contribution in [3.8, 4) is 0 Å². The Kier molecular flexibility index (Phi) is 3.58. The Morgan fingerprint density at radius 1 is 0.923 bits per heavy atom. The molecule has 0 aromatic carbocycles. The normalized spacial score (nSPS) is 36.0. The third-order valence-electron chi connectivity index (χ3n) is 2.68. The molecule has 13 heavy (non-hydrogen) atoms. The molecular weight excluding hydrogens is 168 g/mol. The van der Waals surface area contributed by atoms with E-state index in [9.17, 15) is 0 Å². The minimum Gasteiger partial charge on any atom is -0.378 e. The number of ether oxygens (including phenoxy) is 3. The summed E-state index contributed by atoms with van der Waals surface area (Å²) in [5, 5.41) is 0. The van der Waals surface area contributed by atoms with Crippen molar-refractivity contribution in [3.63, 3.8) is 0 Å². The Morgan fingerprint density at radius 2 is 1.85 bits per heavy atom. The van der Waals surface area contributed by atoms with Crippen molar-refractivity contribution in [3.05, 3.63) is 0 Å². The standard InChI is InChI=1S/C10H18O3/c1-2-4-12-9(3-1)7-10-8-11-5-6-13-10/h9-10H,1-8H2. The van der Waals surface area contributed by atoms with Gasteiger partial charge in [0.1, 0.15) is 0 Å². The van der Waals surface area contributed by atoms with Crippen LogP contribution in [0.15, 0.2) is 0 Å². The summed E-state index contributed by atoms with van der Waals surface area (Å²) < 4.78 is 16.6. The molecule has 0 bridgehead atoms. The predicted octanol–water partition coefficient (Wildman–Crippen LogP) is 1.36. The summed E-state index contributed by atoms with van der Waals surface area (Å²) in [6.07, 6.45) is 5.42. The summed E-state index contributed by atoms with van der Waals surface area (Å²) in [7, 11) is 0. The first-order valence-electron chi connectivity index (χ1n) is 5.26. The molecule has 0 aromatic rings. The first-order valence-corrected chi connectivity index (χ1v) is 5.26. The van der Waals surface area contributed by atoms with Crippen LogP contribution in [0.1, 0.15) is 25.7 Å². The zero-order valence-electron chi connectivity index (χ0n) is 8.04. The first-order chi connectivity index (χ1) is 6.45. The SMILES string of the molecule is C1CCC(CC2COCCO2)OC1. The molecule has 0 spiro atoms. The summed E-state index contributed by atoms with van der Waals surface area (Å²) in [5.74, 6) is 0. The molecule has 76 valence electrons. The van der Waals surface area contributed by atoms with Gasteiger partial charge in [-0.25, -0.2) is 0 Å². The second kappa shape index (κ2) is 4.94. The lowest BCUT2D eigenvalue weighted by atomic mass is 10.0. The van der Waals surface area contributed by atoms with E-state index in [1.54, 1.807) is 0 Å². The maximum absolute atomic E-state index is 5.65. The Labute approximate surface area is 79.4 Å². The summed E-state index contributed by atoms with van der Waals surface area (Å²) >= 11 is 0. The third kappa shape index (κ3) is 2.93. The zero-order valence-corrected chi connectivity index (χ0v) is 8.04. The van der Waals surface area contributed by atoms with E-state index in [4.69, 9.17) is 14.2 Å². The molecule has 2 aliphatic rings. The number of rotatable bonds is 2. The molecule has 0 saturated carbocycles. The minimum atomic E-state index is 0.275. The van der Waals surface area contributed by atoms with Crippen LogP contribution in [0.25, 0.3) is 0 Å². The predicted molar refractivity (Wildman–Crippen MR) is 48.8 cm³/mol. The lowest BCUT2D eigenvalue weighted by Gasteiger charge is -2.29. The second-order valence-corrected chi connectivity index (χ2v) is 3.79. The molecule has 2 atom stereocenters. The highest BCUT2D eigenvalue weighted by atomic mass is 16.6. The van der Waals surface area contributed by atoms with Crippen LogP contribution in [-0.2, 0) is 14.2 Å². The molecule has 2 heterocycles. The molecule has 0 N–H and O–H groups in total. The van der Waals surface area contributed by atoms with Gasteiger partial charge in [0.15, 0.2) is 0 Å². The number of hydrogen-bond acceptors (Lipinski definition) is 3. The van der Waals surface area contributed by atoms with Crippen LogP contribution in [0, 0.1) is 0 Å². The molecular formula is C10H18O3. The molecule has 2 unspecified atom stereocenters. The molecule has 2 fully saturated rings. The summed E-state index contributed by atoms with van der Waals surface area (Å²) in [6, 6.07) is 0. The van der Waals surface area contributed by atoms with Crippen molar-refractivity contribution < 1.29 is 14.2 Å². The fourth-order valence-corrected chi connectivity index (χ4v) is 1.96. The highest BCUT2D eigenvalue weighted by molar-refractivity contribution is 4.70. The van der Waals surface area contributed by atoms with Gasteiger partial charge in [0.2, 0.25) is 0 Å².